The molecule has 0 spiro atoms. The van der Waals surface area contributed by atoms with E-state index in [2.05, 4.69) is 19.2 Å². The summed E-state index contributed by atoms with van der Waals surface area (Å²) in [6.45, 7) is 2.61. The lowest BCUT2D eigenvalue weighted by atomic mass is 10.1. The zero-order chi connectivity index (χ0) is 18.8. The molecule has 0 saturated carbocycles. The van der Waals surface area contributed by atoms with Crippen LogP contribution in [-0.2, 0) is 25.7 Å². The molecule has 0 saturated heterocycles. The fourth-order valence-corrected chi connectivity index (χ4v) is 2.96. The standard InChI is InChI=1S/C18H22Cl2N3O2S/c1-25-26(24)23-15-6-4-14(5-7-15)3-2-10-21-11-12-22-16-8-9-17(19)18(20)13-16/h4-9,13,21-22H,2-3,10-12H2,1H3/q-1. The van der Waals surface area contributed by atoms with E-state index in [-0.39, 0.29) is 0 Å². The maximum atomic E-state index is 11.2. The van der Waals surface area contributed by atoms with E-state index in [9.17, 15) is 4.21 Å². The van der Waals surface area contributed by atoms with Crippen LogP contribution in [-0.4, -0.2) is 26.7 Å². The number of anilines is 1. The van der Waals surface area contributed by atoms with E-state index in [0.29, 0.717) is 15.7 Å². The summed E-state index contributed by atoms with van der Waals surface area (Å²) in [5.41, 5.74) is 2.84. The lowest BCUT2D eigenvalue weighted by Crippen LogP contribution is -2.23. The Bertz CT molecular complexity index is 779. The van der Waals surface area contributed by atoms with Crippen LogP contribution >= 0.6 is 23.2 Å². The quantitative estimate of drug-likeness (QED) is 0.425. The summed E-state index contributed by atoms with van der Waals surface area (Å²) < 4.78 is 19.7. The minimum atomic E-state index is -1.62. The van der Waals surface area contributed by atoms with Crippen molar-refractivity contribution in [3.8, 4) is 0 Å². The second-order valence-corrected chi connectivity index (χ2v) is 7.32. The number of hydrogen-bond donors (Lipinski definition) is 2. The molecule has 0 bridgehead atoms. The Kier molecular flexibility index (Phi) is 9.22. The molecule has 2 aromatic rings. The molecule has 0 aromatic heterocycles. The van der Waals surface area contributed by atoms with Crippen molar-refractivity contribution in [3.63, 3.8) is 0 Å². The minimum Gasteiger partial charge on any atom is -0.441 e. The molecule has 0 heterocycles. The summed E-state index contributed by atoms with van der Waals surface area (Å²) in [6, 6.07) is 13.2. The molecule has 2 N–H and O–H groups in total. The number of nitrogens with zero attached hydrogens (tertiary/aromatic N) is 1. The predicted molar refractivity (Wildman–Crippen MR) is 110 cm³/mol. The Morgan fingerprint density at radius 2 is 1.81 bits per heavy atom. The highest BCUT2D eigenvalue weighted by molar-refractivity contribution is 7.69. The van der Waals surface area contributed by atoms with Crippen LogP contribution in [0.1, 0.15) is 12.0 Å². The van der Waals surface area contributed by atoms with Gasteiger partial charge in [-0.3, -0.25) is 0 Å². The third kappa shape index (κ3) is 7.51. The summed E-state index contributed by atoms with van der Waals surface area (Å²) in [5.74, 6) is 0. The summed E-state index contributed by atoms with van der Waals surface area (Å²) in [5, 5.41) is 7.81. The summed E-state index contributed by atoms with van der Waals surface area (Å²) in [6.07, 6.45) is 2.01. The van der Waals surface area contributed by atoms with Crippen LogP contribution in [0, 0.1) is 0 Å². The van der Waals surface area contributed by atoms with Crippen LogP contribution < -0.4 is 10.6 Å². The van der Waals surface area contributed by atoms with Gasteiger partial charge in [-0.15, -0.1) is 0 Å². The zero-order valence-electron chi connectivity index (χ0n) is 14.5. The van der Waals surface area contributed by atoms with Gasteiger partial charge in [-0.05, 0) is 55.3 Å². The molecule has 26 heavy (non-hydrogen) atoms. The van der Waals surface area contributed by atoms with E-state index in [1.165, 1.54) is 12.7 Å². The fraction of sp³-hybridized carbons (Fsp3) is 0.333. The van der Waals surface area contributed by atoms with Crippen molar-refractivity contribution < 1.29 is 8.39 Å². The Balaban J connectivity index is 1.60. The smallest absolute Gasteiger partial charge is 0.0612 e. The van der Waals surface area contributed by atoms with Gasteiger partial charge >= 0.3 is 0 Å². The highest BCUT2D eigenvalue weighted by Crippen LogP contribution is 2.24. The summed E-state index contributed by atoms with van der Waals surface area (Å²) >= 11 is 11.9. The monoisotopic (exact) mass is 414 g/mol. The third-order valence-electron chi connectivity index (χ3n) is 3.63. The Labute approximate surface area is 166 Å². The van der Waals surface area contributed by atoms with Crippen molar-refractivity contribution in [2.75, 3.05) is 32.1 Å². The second kappa shape index (κ2) is 11.4. The first-order valence-corrected chi connectivity index (χ1v) is 10.0. The van der Waals surface area contributed by atoms with Crippen LogP contribution in [0.25, 0.3) is 0 Å². The molecule has 0 radical (unpaired) electrons. The van der Waals surface area contributed by atoms with E-state index in [1.807, 2.05) is 36.4 Å². The molecule has 2 aromatic carbocycles. The van der Waals surface area contributed by atoms with Gasteiger partial charge in [0.1, 0.15) is 0 Å². The number of nitrogens with one attached hydrogen (secondary N) is 2. The molecule has 142 valence electrons. The van der Waals surface area contributed by atoms with E-state index in [1.54, 1.807) is 6.07 Å². The van der Waals surface area contributed by atoms with Crippen LogP contribution in [0.15, 0.2) is 46.8 Å². The van der Waals surface area contributed by atoms with Gasteiger partial charge in [-0.1, -0.05) is 46.2 Å². The van der Waals surface area contributed by atoms with E-state index in [4.69, 9.17) is 23.2 Å². The molecule has 0 atom stereocenters. The molecule has 0 unspecified atom stereocenters. The molecule has 0 aliphatic heterocycles. The van der Waals surface area contributed by atoms with Gasteiger partial charge in [0.05, 0.1) is 10.0 Å². The maximum absolute atomic E-state index is 11.2. The van der Waals surface area contributed by atoms with E-state index in [0.717, 1.165) is 38.2 Å². The lowest BCUT2D eigenvalue weighted by Gasteiger charge is -2.09. The lowest BCUT2D eigenvalue weighted by molar-refractivity contribution is 0.438. The molecular formula is C18H22Cl2N3O2S-. The highest BCUT2D eigenvalue weighted by atomic mass is 35.5. The number of rotatable bonds is 10. The molecule has 0 amide bonds. The average molecular weight is 415 g/mol. The Morgan fingerprint density at radius 1 is 1.04 bits per heavy atom. The number of hydrogen-bond acceptors (Lipinski definition) is 6. The molecule has 0 fully saturated rings. The van der Waals surface area contributed by atoms with Gasteiger partial charge in [0, 0.05) is 31.6 Å². The molecule has 0 aliphatic rings. The van der Waals surface area contributed by atoms with E-state index >= 15 is 0 Å². The van der Waals surface area contributed by atoms with Crippen LogP contribution in [0.4, 0.5) is 11.4 Å². The van der Waals surface area contributed by atoms with Gasteiger partial charge in [-0.25, -0.2) is 0 Å². The Morgan fingerprint density at radius 3 is 2.50 bits per heavy atom. The van der Waals surface area contributed by atoms with Crippen molar-refractivity contribution in [2.45, 2.75) is 12.8 Å². The maximum Gasteiger partial charge on any atom is 0.0612 e. The summed E-state index contributed by atoms with van der Waals surface area (Å²) in [7, 11) is -0.254. The van der Waals surface area contributed by atoms with Crippen molar-refractivity contribution in [1.29, 1.82) is 0 Å². The van der Waals surface area contributed by atoms with Crippen molar-refractivity contribution in [2.24, 2.45) is 4.36 Å². The first-order valence-electron chi connectivity index (χ1n) is 8.25. The number of aryl methyl sites for hydroxylation is 1. The van der Waals surface area contributed by atoms with Crippen molar-refractivity contribution >= 4 is 45.5 Å². The summed E-state index contributed by atoms with van der Waals surface area (Å²) in [4.78, 5) is 0. The van der Waals surface area contributed by atoms with Crippen LogP contribution in [0.3, 0.4) is 0 Å². The zero-order valence-corrected chi connectivity index (χ0v) is 16.8. The minimum absolute atomic E-state index is 0.553. The predicted octanol–water partition coefficient (Wildman–Crippen LogP) is 4.97. The van der Waals surface area contributed by atoms with Gasteiger partial charge in [0.25, 0.3) is 0 Å². The van der Waals surface area contributed by atoms with Crippen molar-refractivity contribution in [3.05, 3.63) is 58.1 Å². The molecular weight excluding hydrogens is 393 g/mol. The normalized spacial score (nSPS) is 12.3. The molecule has 5 nitrogen and oxygen atoms in total. The molecule has 8 heteroatoms. The van der Waals surface area contributed by atoms with Gasteiger partial charge in [0.2, 0.25) is 0 Å². The van der Waals surface area contributed by atoms with Crippen LogP contribution in [0.5, 0.6) is 0 Å². The number of halogens is 2. The van der Waals surface area contributed by atoms with Crippen molar-refractivity contribution in [1.82, 2.24) is 5.32 Å². The molecule has 0 aliphatic carbocycles. The topological polar surface area (TPSA) is 62.7 Å². The fourth-order valence-electron chi connectivity index (χ4n) is 2.29. The van der Waals surface area contributed by atoms with Crippen LogP contribution in [0.2, 0.25) is 10.0 Å². The largest absolute Gasteiger partial charge is 0.441 e. The average Bonchev–Trinajstić information content (AvgIpc) is 2.65. The first kappa shape index (κ1) is 21.0. The highest BCUT2D eigenvalue weighted by Gasteiger charge is 1.99. The SMILES string of the molecule is CO[S-](=O)=Nc1ccc(CCCNCCNc2ccc(Cl)c(Cl)c2)cc1. The third-order valence-corrected chi connectivity index (χ3v) is 5.01. The van der Waals surface area contributed by atoms with E-state index < -0.39 is 10.9 Å². The second-order valence-electron chi connectivity index (χ2n) is 5.55. The van der Waals surface area contributed by atoms with Gasteiger partial charge in [0.15, 0.2) is 0 Å². The first-order chi connectivity index (χ1) is 12.6. The van der Waals surface area contributed by atoms with Gasteiger partial charge < -0.3 is 23.4 Å². The Hall–Kier alpha value is -1.31. The molecule has 2 rings (SSSR count). The number of benzene rings is 2. The van der Waals surface area contributed by atoms with Gasteiger partial charge in [-0.2, -0.15) is 0 Å².